The number of carbonyl (C=O) groups excluding carboxylic acids is 2. The van der Waals surface area contributed by atoms with Crippen LogP contribution in [-0.2, 0) is 16.0 Å². The van der Waals surface area contributed by atoms with Gasteiger partial charge in [-0.15, -0.1) is 0 Å². The first-order valence-electron chi connectivity index (χ1n) is 12.5. The summed E-state index contributed by atoms with van der Waals surface area (Å²) in [6.07, 6.45) is 5.65. The van der Waals surface area contributed by atoms with Gasteiger partial charge in [0, 0.05) is 49.2 Å². The minimum absolute atomic E-state index is 0. The number of hydrogen-bond donors (Lipinski definition) is 2. The summed E-state index contributed by atoms with van der Waals surface area (Å²) in [6, 6.07) is 23.7. The van der Waals surface area contributed by atoms with E-state index in [0.29, 0.717) is 11.5 Å². The van der Waals surface area contributed by atoms with Gasteiger partial charge in [-0.25, -0.2) is 0 Å². The number of fused-ring (bicyclic) bond motifs is 3. The number of phenolic OH excluding ortho intramolecular Hbond substituents is 1. The number of benzene rings is 3. The lowest BCUT2D eigenvalue weighted by molar-refractivity contribution is -0.132. The Labute approximate surface area is 233 Å². The predicted octanol–water partition coefficient (Wildman–Crippen LogP) is 6.71. The summed E-state index contributed by atoms with van der Waals surface area (Å²) >= 11 is 0. The third-order valence-electron chi connectivity index (χ3n) is 5.70. The molecule has 0 amide bonds. The van der Waals surface area contributed by atoms with Crippen molar-refractivity contribution in [3.05, 3.63) is 96.8 Å². The van der Waals surface area contributed by atoms with Crippen molar-refractivity contribution < 1.29 is 24.2 Å². The lowest BCUT2D eigenvalue weighted by atomic mass is 10.0. The molecular formula is C32H33N3O5. The fourth-order valence-electron chi connectivity index (χ4n) is 4.03. The van der Waals surface area contributed by atoms with Gasteiger partial charge < -0.3 is 19.9 Å². The molecule has 1 aliphatic heterocycles. The number of phenols is 1. The summed E-state index contributed by atoms with van der Waals surface area (Å²) in [5.41, 5.74) is 4.19. The summed E-state index contributed by atoms with van der Waals surface area (Å²) < 4.78 is 9.97. The molecule has 0 atom stereocenters. The van der Waals surface area contributed by atoms with Crippen molar-refractivity contribution in [2.24, 2.45) is 0 Å². The maximum Gasteiger partial charge on any atom is 0.308 e. The molecule has 6 rings (SSSR count). The van der Waals surface area contributed by atoms with Crippen LogP contribution >= 0.6 is 0 Å². The molecule has 0 unspecified atom stereocenters. The van der Waals surface area contributed by atoms with E-state index >= 15 is 0 Å². The van der Waals surface area contributed by atoms with Crippen molar-refractivity contribution in [2.75, 3.05) is 11.9 Å². The molecule has 0 bridgehead atoms. The van der Waals surface area contributed by atoms with Crippen LogP contribution in [0, 0.1) is 0 Å². The molecule has 3 heterocycles. The van der Waals surface area contributed by atoms with Crippen LogP contribution in [0.3, 0.4) is 0 Å². The molecule has 0 saturated carbocycles. The number of aromatic nitrogens is 2. The average Bonchev–Trinajstić information content (AvgIpc) is 2.93. The van der Waals surface area contributed by atoms with Crippen LogP contribution in [-0.4, -0.2) is 33.6 Å². The summed E-state index contributed by atoms with van der Waals surface area (Å²) in [4.78, 5) is 29.7. The second-order valence-corrected chi connectivity index (χ2v) is 8.77. The maximum atomic E-state index is 10.7. The maximum absolute atomic E-state index is 10.7. The van der Waals surface area contributed by atoms with Crippen molar-refractivity contribution in [1.82, 2.24) is 9.97 Å². The Bertz CT molecular complexity index is 1600. The number of anilines is 1. The van der Waals surface area contributed by atoms with Gasteiger partial charge >= 0.3 is 11.9 Å². The van der Waals surface area contributed by atoms with Crippen LogP contribution in [0.5, 0.6) is 17.2 Å². The molecule has 0 radical (unpaired) electrons. The number of nitrogens with zero attached hydrogens (tertiary/aromatic N) is 2. The molecule has 3 aromatic carbocycles. The van der Waals surface area contributed by atoms with Crippen LogP contribution in [0.25, 0.3) is 21.8 Å². The molecule has 0 fully saturated rings. The normalized spacial score (nSPS) is 11.2. The van der Waals surface area contributed by atoms with E-state index in [1.165, 1.54) is 19.4 Å². The van der Waals surface area contributed by atoms with E-state index < -0.39 is 0 Å². The van der Waals surface area contributed by atoms with E-state index in [4.69, 9.17) is 14.6 Å². The van der Waals surface area contributed by atoms with Gasteiger partial charge in [-0.1, -0.05) is 19.6 Å². The van der Waals surface area contributed by atoms with Crippen molar-refractivity contribution in [3.63, 3.8) is 0 Å². The van der Waals surface area contributed by atoms with Crippen molar-refractivity contribution in [3.8, 4) is 17.2 Å². The number of aromatic hydroxyl groups is 1. The molecule has 1 aliphatic rings. The van der Waals surface area contributed by atoms with Crippen LogP contribution < -0.4 is 14.8 Å². The van der Waals surface area contributed by atoms with Crippen LogP contribution in [0.1, 0.15) is 33.3 Å². The quantitative estimate of drug-likeness (QED) is 0.188. The number of aryl methyl sites for hydroxylation is 1. The molecular weight excluding hydrogens is 506 g/mol. The van der Waals surface area contributed by atoms with Crippen LogP contribution in [0.4, 0.5) is 5.69 Å². The topological polar surface area (TPSA) is 111 Å². The van der Waals surface area contributed by atoms with Gasteiger partial charge in [0.25, 0.3) is 0 Å². The van der Waals surface area contributed by atoms with E-state index in [-0.39, 0.29) is 25.1 Å². The van der Waals surface area contributed by atoms with Gasteiger partial charge in [0.15, 0.2) is 0 Å². The monoisotopic (exact) mass is 539 g/mol. The van der Waals surface area contributed by atoms with Crippen molar-refractivity contribution in [2.45, 2.75) is 34.1 Å². The SMILES string of the molecule is C.CC(=O)Oc1ccc2c(c1)CCCN2.CC(=O)Oc1ccc2ncccc2c1.Oc1ccc2ncccc2c1. The Morgan fingerprint density at radius 2 is 1.35 bits per heavy atom. The molecule has 0 aliphatic carbocycles. The lowest BCUT2D eigenvalue weighted by Crippen LogP contribution is -2.12. The van der Waals surface area contributed by atoms with Gasteiger partial charge in [0.05, 0.1) is 11.0 Å². The molecule has 8 heteroatoms. The third kappa shape index (κ3) is 8.52. The molecule has 0 saturated heterocycles. The second-order valence-electron chi connectivity index (χ2n) is 8.77. The summed E-state index contributed by atoms with van der Waals surface area (Å²) in [7, 11) is 0. The zero-order valence-corrected chi connectivity index (χ0v) is 21.8. The first-order valence-corrected chi connectivity index (χ1v) is 12.5. The van der Waals surface area contributed by atoms with E-state index in [1.807, 2.05) is 48.5 Å². The molecule has 5 aromatic rings. The molecule has 40 heavy (non-hydrogen) atoms. The van der Waals surface area contributed by atoms with Gasteiger partial charge in [-0.3, -0.25) is 19.6 Å². The van der Waals surface area contributed by atoms with E-state index in [1.54, 1.807) is 42.7 Å². The average molecular weight is 540 g/mol. The Morgan fingerprint density at radius 3 is 2.00 bits per heavy atom. The van der Waals surface area contributed by atoms with E-state index in [2.05, 4.69) is 15.3 Å². The van der Waals surface area contributed by atoms with Crippen LogP contribution in [0.15, 0.2) is 91.3 Å². The standard InChI is InChI=1S/C11H13NO2.C11H9NO2.C9H7NO.CH4/c2*1-8(13)14-10-4-5-11-9(7-10)3-2-6-12-11;11-8-3-4-9-7(6-8)2-1-5-10-9;/h4-5,7,12H,2-3,6H2,1H3;2-7H,1H3;1-6,11H;1H4. The highest BCUT2D eigenvalue weighted by molar-refractivity contribution is 5.81. The number of pyridine rings is 2. The van der Waals surface area contributed by atoms with Gasteiger partial charge in [0.2, 0.25) is 0 Å². The predicted molar refractivity (Wildman–Crippen MR) is 158 cm³/mol. The minimum Gasteiger partial charge on any atom is -0.508 e. The van der Waals surface area contributed by atoms with Gasteiger partial charge in [-0.2, -0.15) is 0 Å². The zero-order chi connectivity index (χ0) is 27.6. The van der Waals surface area contributed by atoms with E-state index in [9.17, 15) is 9.59 Å². The summed E-state index contributed by atoms with van der Waals surface area (Å²) in [5, 5.41) is 14.3. The Balaban J connectivity index is 0.000000165. The molecule has 8 nitrogen and oxygen atoms in total. The van der Waals surface area contributed by atoms with Crippen LogP contribution in [0.2, 0.25) is 0 Å². The highest BCUT2D eigenvalue weighted by Crippen LogP contribution is 2.26. The fraction of sp³-hybridized carbons (Fsp3) is 0.188. The minimum atomic E-state index is -0.312. The third-order valence-corrected chi connectivity index (χ3v) is 5.70. The zero-order valence-electron chi connectivity index (χ0n) is 21.8. The second kappa shape index (κ2) is 14.2. The Hall–Kier alpha value is -4.98. The molecule has 2 aromatic heterocycles. The fourth-order valence-corrected chi connectivity index (χ4v) is 4.03. The van der Waals surface area contributed by atoms with E-state index in [0.717, 1.165) is 46.9 Å². The first-order chi connectivity index (χ1) is 18.9. The number of rotatable bonds is 2. The Kier molecular flexibility index (Phi) is 10.5. The van der Waals surface area contributed by atoms with Gasteiger partial charge in [-0.05, 0) is 85.1 Å². The smallest absolute Gasteiger partial charge is 0.308 e. The Morgan fingerprint density at radius 1 is 0.775 bits per heavy atom. The van der Waals surface area contributed by atoms with Crippen molar-refractivity contribution >= 4 is 39.4 Å². The number of hydrogen-bond acceptors (Lipinski definition) is 8. The number of nitrogens with one attached hydrogen (secondary N) is 1. The molecule has 206 valence electrons. The number of carbonyl (C=O) groups is 2. The summed E-state index contributed by atoms with van der Waals surface area (Å²) in [5.74, 6) is 0.894. The lowest BCUT2D eigenvalue weighted by Gasteiger charge is -2.18. The largest absolute Gasteiger partial charge is 0.508 e. The molecule has 2 N–H and O–H groups in total. The number of esters is 2. The van der Waals surface area contributed by atoms with Crippen molar-refractivity contribution in [1.29, 1.82) is 0 Å². The highest BCUT2D eigenvalue weighted by Gasteiger charge is 2.09. The number of ether oxygens (including phenoxy) is 2. The highest BCUT2D eigenvalue weighted by atomic mass is 16.5. The molecule has 0 spiro atoms. The first kappa shape index (κ1) is 29.6. The summed E-state index contributed by atoms with van der Waals surface area (Å²) in [6.45, 7) is 3.82. The van der Waals surface area contributed by atoms with Gasteiger partial charge in [0.1, 0.15) is 17.2 Å².